The number of nitrogens with one attached hydrogen (secondary N) is 1. The number of nitrogens with zero attached hydrogens (tertiary/aromatic N) is 4. The minimum atomic E-state index is -0.129. The molecule has 0 radical (unpaired) electrons. The van der Waals surface area contributed by atoms with Crippen LogP contribution in [0.1, 0.15) is 12.0 Å². The molecule has 4 rings (SSSR count). The summed E-state index contributed by atoms with van der Waals surface area (Å²) in [4.78, 5) is 28.7. The first kappa shape index (κ1) is 15.8. The summed E-state index contributed by atoms with van der Waals surface area (Å²) < 4.78 is 0. The van der Waals surface area contributed by atoms with Crippen molar-refractivity contribution in [3.63, 3.8) is 0 Å². The van der Waals surface area contributed by atoms with Gasteiger partial charge < -0.3 is 14.7 Å². The summed E-state index contributed by atoms with van der Waals surface area (Å²) in [6, 6.07) is 10.2. The Hall–Kier alpha value is -2.67. The smallest absolute Gasteiger partial charge is 0.290 e. The molecule has 0 bridgehead atoms. The lowest BCUT2D eigenvalue weighted by Crippen LogP contribution is -2.50. The van der Waals surface area contributed by atoms with Gasteiger partial charge in [-0.2, -0.15) is 0 Å². The van der Waals surface area contributed by atoms with E-state index in [1.807, 2.05) is 23.1 Å². The van der Waals surface area contributed by atoms with Gasteiger partial charge in [0, 0.05) is 51.5 Å². The number of aromatic nitrogens is 2. The van der Waals surface area contributed by atoms with Gasteiger partial charge in [0.2, 0.25) is 0 Å². The average molecular weight is 339 g/mol. The van der Waals surface area contributed by atoms with Gasteiger partial charge in [0.1, 0.15) is 6.10 Å². The Labute approximate surface area is 145 Å². The predicted molar refractivity (Wildman–Crippen MR) is 96.0 cm³/mol. The maximum atomic E-state index is 11.8. The number of hydrogen-bond donors (Lipinski definition) is 1. The van der Waals surface area contributed by atoms with E-state index in [0.717, 1.165) is 50.4 Å². The van der Waals surface area contributed by atoms with Crippen LogP contribution in [-0.4, -0.2) is 59.4 Å². The second-order valence-electron chi connectivity index (χ2n) is 6.37. The highest BCUT2D eigenvalue weighted by Gasteiger charge is 2.27. The topological polar surface area (TPSA) is 73.8 Å². The zero-order valence-corrected chi connectivity index (χ0v) is 14.0. The molecule has 3 heterocycles. The third-order valence-corrected chi connectivity index (χ3v) is 4.66. The quantitative estimate of drug-likeness (QED) is 0.902. The van der Waals surface area contributed by atoms with Gasteiger partial charge in [-0.3, -0.25) is 9.69 Å². The molecule has 0 aliphatic carbocycles. The summed E-state index contributed by atoms with van der Waals surface area (Å²) in [6.07, 6.45) is 4.12. The van der Waals surface area contributed by atoms with E-state index < -0.39 is 0 Å². The summed E-state index contributed by atoms with van der Waals surface area (Å²) >= 11 is 0. The number of piperazine rings is 1. The Bertz CT molecular complexity index is 796. The van der Waals surface area contributed by atoms with Gasteiger partial charge in [0.05, 0.1) is 5.71 Å². The van der Waals surface area contributed by atoms with Crippen LogP contribution in [0.25, 0.3) is 0 Å². The van der Waals surface area contributed by atoms with E-state index in [1.165, 1.54) is 0 Å². The molecular formula is C18H21N5O2. The van der Waals surface area contributed by atoms with Crippen LogP contribution in [-0.2, 0) is 4.84 Å². The Morgan fingerprint density at radius 1 is 1.16 bits per heavy atom. The van der Waals surface area contributed by atoms with Crippen molar-refractivity contribution in [3.8, 4) is 0 Å². The molecule has 1 aromatic heterocycles. The summed E-state index contributed by atoms with van der Waals surface area (Å²) in [5, 5.41) is 4.25. The molecule has 1 aromatic carbocycles. The van der Waals surface area contributed by atoms with E-state index in [2.05, 4.69) is 32.2 Å². The molecular weight excluding hydrogens is 318 g/mol. The van der Waals surface area contributed by atoms with E-state index in [-0.39, 0.29) is 11.7 Å². The molecule has 130 valence electrons. The van der Waals surface area contributed by atoms with Gasteiger partial charge in [-0.15, -0.1) is 0 Å². The first-order valence-corrected chi connectivity index (χ1v) is 8.59. The lowest BCUT2D eigenvalue weighted by atomic mass is 10.0. The molecule has 1 N–H and O–H groups in total. The standard InChI is InChI=1S/C18H21N5O2/c24-18-17(19-6-7-20-18)23-10-8-22(9-11-23)13-15-12-16(21-25-15)14-4-2-1-3-5-14/h1-7,15H,8-13H2,(H,20,24)/t15-/m1/s1. The molecule has 2 aliphatic rings. The molecule has 7 nitrogen and oxygen atoms in total. The van der Waals surface area contributed by atoms with E-state index in [4.69, 9.17) is 4.84 Å². The van der Waals surface area contributed by atoms with Crippen molar-refractivity contribution in [2.24, 2.45) is 5.16 Å². The monoisotopic (exact) mass is 339 g/mol. The number of aromatic amines is 1. The molecule has 7 heteroatoms. The number of rotatable bonds is 4. The molecule has 1 atom stereocenters. The van der Waals surface area contributed by atoms with Crippen molar-refractivity contribution >= 4 is 11.5 Å². The fourth-order valence-electron chi connectivity index (χ4n) is 3.33. The highest BCUT2D eigenvalue weighted by atomic mass is 16.6. The van der Waals surface area contributed by atoms with Crippen LogP contribution >= 0.6 is 0 Å². The first-order valence-electron chi connectivity index (χ1n) is 8.59. The predicted octanol–water partition coefficient (Wildman–Crippen LogP) is 1.09. The minimum absolute atomic E-state index is 0.0972. The molecule has 1 fully saturated rings. The highest BCUT2D eigenvalue weighted by Crippen LogP contribution is 2.18. The summed E-state index contributed by atoms with van der Waals surface area (Å²) in [5.74, 6) is 0.508. The third kappa shape index (κ3) is 3.56. The summed E-state index contributed by atoms with van der Waals surface area (Å²) in [7, 11) is 0. The number of oxime groups is 1. The third-order valence-electron chi connectivity index (χ3n) is 4.66. The van der Waals surface area contributed by atoms with Crippen LogP contribution in [0.4, 0.5) is 5.82 Å². The molecule has 2 aromatic rings. The van der Waals surface area contributed by atoms with Crippen LogP contribution in [0.3, 0.4) is 0 Å². The van der Waals surface area contributed by atoms with Crippen molar-refractivity contribution in [3.05, 3.63) is 58.6 Å². The van der Waals surface area contributed by atoms with E-state index >= 15 is 0 Å². The van der Waals surface area contributed by atoms with Gasteiger partial charge in [-0.1, -0.05) is 35.5 Å². The molecule has 25 heavy (non-hydrogen) atoms. The van der Waals surface area contributed by atoms with Gasteiger partial charge in [0.25, 0.3) is 5.56 Å². The van der Waals surface area contributed by atoms with Crippen LogP contribution in [0.5, 0.6) is 0 Å². The lowest BCUT2D eigenvalue weighted by Gasteiger charge is -2.35. The van der Waals surface area contributed by atoms with Crippen LogP contribution in [0.15, 0.2) is 52.7 Å². The zero-order chi connectivity index (χ0) is 17.1. The van der Waals surface area contributed by atoms with Crippen LogP contribution in [0.2, 0.25) is 0 Å². The Morgan fingerprint density at radius 2 is 1.96 bits per heavy atom. The number of hydrogen-bond acceptors (Lipinski definition) is 6. The zero-order valence-electron chi connectivity index (χ0n) is 14.0. The van der Waals surface area contributed by atoms with Crippen molar-refractivity contribution in [1.82, 2.24) is 14.9 Å². The number of anilines is 1. The van der Waals surface area contributed by atoms with Gasteiger partial charge in [-0.05, 0) is 5.56 Å². The Kier molecular flexibility index (Phi) is 4.47. The average Bonchev–Trinajstić information content (AvgIpc) is 3.12. The minimum Gasteiger partial charge on any atom is -0.390 e. The van der Waals surface area contributed by atoms with Crippen molar-refractivity contribution in [2.45, 2.75) is 12.5 Å². The molecule has 0 amide bonds. The second kappa shape index (κ2) is 7.06. The second-order valence-corrected chi connectivity index (χ2v) is 6.37. The highest BCUT2D eigenvalue weighted by molar-refractivity contribution is 6.01. The van der Waals surface area contributed by atoms with E-state index in [1.54, 1.807) is 12.4 Å². The molecule has 1 saturated heterocycles. The van der Waals surface area contributed by atoms with Gasteiger partial charge in [-0.25, -0.2) is 4.98 Å². The first-order chi connectivity index (χ1) is 12.3. The Balaban J connectivity index is 1.29. The molecule has 2 aliphatic heterocycles. The molecule has 0 spiro atoms. The summed E-state index contributed by atoms with van der Waals surface area (Å²) in [5.41, 5.74) is 2.02. The van der Waals surface area contributed by atoms with E-state index in [9.17, 15) is 4.79 Å². The van der Waals surface area contributed by atoms with Crippen molar-refractivity contribution < 1.29 is 4.84 Å². The lowest BCUT2D eigenvalue weighted by molar-refractivity contribution is 0.0510. The molecule has 0 unspecified atom stereocenters. The maximum Gasteiger partial charge on any atom is 0.290 e. The van der Waals surface area contributed by atoms with Crippen LogP contribution < -0.4 is 10.5 Å². The molecule has 0 saturated carbocycles. The maximum absolute atomic E-state index is 11.8. The SMILES string of the molecule is O=c1[nH]ccnc1N1CCN(C[C@H]2CC(c3ccccc3)=NO2)CC1. The summed E-state index contributed by atoms with van der Waals surface area (Å²) in [6.45, 7) is 4.21. The number of benzene rings is 1. The normalized spacial score (nSPS) is 21.0. The van der Waals surface area contributed by atoms with Crippen molar-refractivity contribution in [1.29, 1.82) is 0 Å². The van der Waals surface area contributed by atoms with E-state index in [0.29, 0.717) is 5.82 Å². The van der Waals surface area contributed by atoms with Crippen LogP contribution in [0, 0.1) is 0 Å². The van der Waals surface area contributed by atoms with Gasteiger partial charge >= 0.3 is 0 Å². The fraction of sp³-hybridized carbons (Fsp3) is 0.389. The Morgan fingerprint density at radius 3 is 2.72 bits per heavy atom. The number of H-pyrrole nitrogens is 1. The largest absolute Gasteiger partial charge is 0.390 e. The fourth-order valence-corrected chi connectivity index (χ4v) is 3.33. The van der Waals surface area contributed by atoms with Crippen molar-refractivity contribution in [2.75, 3.05) is 37.6 Å². The van der Waals surface area contributed by atoms with Gasteiger partial charge in [0.15, 0.2) is 5.82 Å².